The minimum atomic E-state index is -3.21. The van der Waals surface area contributed by atoms with Crippen LogP contribution in [0.2, 0.25) is 0 Å². The van der Waals surface area contributed by atoms with Crippen molar-refractivity contribution in [3.8, 4) is 0 Å². The first-order valence-corrected chi connectivity index (χ1v) is 9.73. The van der Waals surface area contributed by atoms with Gasteiger partial charge in [-0.3, -0.25) is 0 Å². The molecule has 0 amide bonds. The molecule has 0 spiro atoms. The van der Waals surface area contributed by atoms with Crippen molar-refractivity contribution in [1.29, 1.82) is 0 Å². The summed E-state index contributed by atoms with van der Waals surface area (Å²) >= 11 is 0. The first-order valence-electron chi connectivity index (χ1n) is 8.08. The minimum absolute atomic E-state index is 0.0291. The lowest BCUT2D eigenvalue weighted by atomic mass is 9.98. The largest absolute Gasteiger partial charge is 0.313 e. The number of hydrogen-bond acceptors (Lipinski definition) is 4. The van der Waals surface area contributed by atoms with Gasteiger partial charge in [0.25, 0.3) is 0 Å². The molecule has 22 heavy (non-hydrogen) atoms. The van der Waals surface area contributed by atoms with Gasteiger partial charge >= 0.3 is 0 Å². The molecule has 2 atom stereocenters. The summed E-state index contributed by atoms with van der Waals surface area (Å²) in [5, 5.41) is 3.40. The standard InChI is InChI=1S/C17H28N2O2S/c1-14-6-8-17(9-7-14)22(20,21)13-15(2)18-11-16-5-4-10-19(3)12-16/h6-9,15-16,18H,4-5,10-13H2,1-3H3/t15-,16+/m1/s1. The highest BCUT2D eigenvalue weighted by atomic mass is 32.2. The van der Waals surface area contributed by atoms with E-state index < -0.39 is 9.84 Å². The van der Waals surface area contributed by atoms with Crippen LogP contribution >= 0.6 is 0 Å². The van der Waals surface area contributed by atoms with Gasteiger partial charge in [-0.15, -0.1) is 0 Å². The molecular formula is C17H28N2O2S. The quantitative estimate of drug-likeness (QED) is 0.870. The van der Waals surface area contributed by atoms with Crippen LogP contribution in [0.25, 0.3) is 0 Å². The molecule has 1 fully saturated rings. The summed E-state index contributed by atoms with van der Waals surface area (Å²) in [5.41, 5.74) is 1.08. The fourth-order valence-corrected chi connectivity index (χ4v) is 4.56. The molecule has 0 unspecified atom stereocenters. The van der Waals surface area contributed by atoms with Crippen molar-refractivity contribution < 1.29 is 8.42 Å². The van der Waals surface area contributed by atoms with Gasteiger partial charge in [0, 0.05) is 12.6 Å². The van der Waals surface area contributed by atoms with E-state index in [1.165, 1.54) is 19.4 Å². The van der Waals surface area contributed by atoms with E-state index in [1.807, 2.05) is 26.0 Å². The molecule has 1 N–H and O–H groups in total. The molecule has 0 aromatic heterocycles. The monoisotopic (exact) mass is 324 g/mol. The van der Waals surface area contributed by atoms with Crippen molar-refractivity contribution in [2.75, 3.05) is 32.4 Å². The van der Waals surface area contributed by atoms with Gasteiger partial charge in [-0.2, -0.15) is 0 Å². The fourth-order valence-electron chi connectivity index (χ4n) is 3.04. The molecule has 0 saturated carbocycles. The molecule has 1 aliphatic rings. The van der Waals surface area contributed by atoms with E-state index >= 15 is 0 Å². The zero-order valence-electron chi connectivity index (χ0n) is 13.9. The van der Waals surface area contributed by atoms with E-state index in [0.29, 0.717) is 10.8 Å². The molecule has 1 heterocycles. The molecule has 5 heteroatoms. The van der Waals surface area contributed by atoms with Crippen LogP contribution in [-0.4, -0.2) is 51.8 Å². The van der Waals surface area contributed by atoms with Crippen LogP contribution in [-0.2, 0) is 9.84 Å². The van der Waals surface area contributed by atoms with Crippen molar-refractivity contribution in [2.45, 2.75) is 37.6 Å². The number of benzene rings is 1. The Balaban J connectivity index is 1.85. The highest BCUT2D eigenvalue weighted by molar-refractivity contribution is 7.91. The summed E-state index contributed by atoms with van der Waals surface area (Å²) in [5.74, 6) is 0.779. The van der Waals surface area contributed by atoms with Crippen molar-refractivity contribution in [1.82, 2.24) is 10.2 Å². The number of rotatable bonds is 6. The van der Waals surface area contributed by atoms with Gasteiger partial charge in [0.1, 0.15) is 0 Å². The Morgan fingerprint density at radius 3 is 2.64 bits per heavy atom. The Bertz CT molecular complexity index is 569. The lowest BCUT2D eigenvalue weighted by Gasteiger charge is -2.30. The van der Waals surface area contributed by atoms with Crippen LogP contribution in [0.4, 0.5) is 0 Å². The predicted octanol–water partition coefficient (Wildman–Crippen LogP) is 2.09. The predicted molar refractivity (Wildman–Crippen MR) is 90.9 cm³/mol. The second-order valence-corrected chi connectivity index (χ2v) is 8.71. The Morgan fingerprint density at radius 2 is 2.00 bits per heavy atom. The zero-order valence-corrected chi connectivity index (χ0v) is 14.7. The smallest absolute Gasteiger partial charge is 0.179 e. The molecule has 4 nitrogen and oxygen atoms in total. The van der Waals surface area contributed by atoms with Crippen molar-refractivity contribution in [3.63, 3.8) is 0 Å². The topological polar surface area (TPSA) is 49.4 Å². The fraction of sp³-hybridized carbons (Fsp3) is 0.647. The Morgan fingerprint density at radius 1 is 1.32 bits per heavy atom. The van der Waals surface area contributed by atoms with E-state index in [0.717, 1.165) is 18.7 Å². The molecule has 1 aromatic carbocycles. The maximum absolute atomic E-state index is 12.4. The third kappa shape index (κ3) is 5.07. The normalized spacial score (nSPS) is 21.7. The van der Waals surface area contributed by atoms with E-state index in [4.69, 9.17) is 0 Å². The van der Waals surface area contributed by atoms with Crippen LogP contribution in [0.15, 0.2) is 29.2 Å². The minimum Gasteiger partial charge on any atom is -0.313 e. The van der Waals surface area contributed by atoms with Crippen LogP contribution in [0.3, 0.4) is 0 Å². The van der Waals surface area contributed by atoms with Gasteiger partial charge in [-0.1, -0.05) is 17.7 Å². The van der Waals surface area contributed by atoms with Gasteiger partial charge in [0.15, 0.2) is 9.84 Å². The summed E-state index contributed by atoms with van der Waals surface area (Å²) in [6.07, 6.45) is 2.47. The summed E-state index contributed by atoms with van der Waals surface area (Å²) in [6.45, 7) is 7.09. The number of nitrogens with one attached hydrogen (secondary N) is 1. The molecule has 0 bridgehead atoms. The second kappa shape index (κ2) is 7.57. The first-order chi connectivity index (χ1) is 10.4. The summed E-state index contributed by atoms with van der Waals surface area (Å²) < 4.78 is 24.8. The highest BCUT2D eigenvalue weighted by Crippen LogP contribution is 2.15. The summed E-state index contributed by atoms with van der Waals surface area (Å²) in [7, 11) is -1.06. The third-order valence-electron chi connectivity index (χ3n) is 4.33. The number of nitrogens with zero attached hydrogens (tertiary/aromatic N) is 1. The average Bonchev–Trinajstić information content (AvgIpc) is 2.45. The molecule has 1 saturated heterocycles. The Hall–Kier alpha value is -0.910. The first kappa shape index (κ1) is 17.4. The van der Waals surface area contributed by atoms with Gasteiger partial charge in [-0.25, -0.2) is 8.42 Å². The summed E-state index contributed by atoms with van der Waals surface area (Å²) in [4.78, 5) is 2.77. The van der Waals surface area contributed by atoms with Gasteiger partial charge < -0.3 is 10.2 Å². The molecule has 0 aliphatic carbocycles. The lowest BCUT2D eigenvalue weighted by Crippen LogP contribution is -2.41. The van der Waals surface area contributed by atoms with Crippen LogP contribution < -0.4 is 5.32 Å². The van der Waals surface area contributed by atoms with Crippen LogP contribution in [0, 0.1) is 12.8 Å². The number of sulfone groups is 1. The van der Waals surface area contributed by atoms with Crippen LogP contribution in [0.1, 0.15) is 25.3 Å². The molecule has 2 rings (SSSR count). The molecule has 1 aliphatic heterocycles. The Labute approximate surface area is 134 Å². The van der Waals surface area contributed by atoms with E-state index in [9.17, 15) is 8.42 Å². The number of aryl methyl sites for hydroxylation is 1. The molecular weight excluding hydrogens is 296 g/mol. The number of piperidine rings is 1. The summed E-state index contributed by atoms with van der Waals surface area (Å²) in [6, 6.07) is 7.07. The Kier molecular flexibility index (Phi) is 6.01. The lowest BCUT2D eigenvalue weighted by molar-refractivity contribution is 0.204. The number of likely N-dealkylation sites (tertiary alicyclic amines) is 1. The highest BCUT2D eigenvalue weighted by Gasteiger charge is 2.21. The van der Waals surface area contributed by atoms with Crippen molar-refractivity contribution in [3.05, 3.63) is 29.8 Å². The molecule has 124 valence electrons. The van der Waals surface area contributed by atoms with Crippen LogP contribution in [0.5, 0.6) is 0 Å². The van der Waals surface area contributed by atoms with Gasteiger partial charge in [0.05, 0.1) is 10.6 Å². The third-order valence-corrected chi connectivity index (χ3v) is 6.26. The van der Waals surface area contributed by atoms with E-state index in [-0.39, 0.29) is 11.8 Å². The second-order valence-electron chi connectivity index (χ2n) is 6.67. The average molecular weight is 324 g/mol. The van der Waals surface area contributed by atoms with Crippen molar-refractivity contribution >= 4 is 9.84 Å². The number of hydrogen-bond donors (Lipinski definition) is 1. The molecule has 0 radical (unpaired) electrons. The zero-order chi connectivity index (χ0) is 16.2. The maximum Gasteiger partial charge on any atom is 0.179 e. The van der Waals surface area contributed by atoms with Gasteiger partial charge in [-0.05, 0) is 64.9 Å². The van der Waals surface area contributed by atoms with Gasteiger partial charge in [0.2, 0.25) is 0 Å². The van der Waals surface area contributed by atoms with E-state index in [1.54, 1.807) is 12.1 Å². The SMILES string of the molecule is Cc1ccc(S(=O)(=O)C[C@@H](C)NC[C@@H]2CCCN(C)C2)cc1. The maximum atomic E-state index is 12.4. The van der Waals surface area contributed by atoms with E-state index in [2.05, 4.69) is 17.3 Å². The molecule has 1 aromatic rings. The van der Waals surface area contributed by atoms with Crippen molar-refractivity contribution in [2.24, 2.45) is 5.92 Å².